The second kappa shape index (κ2) is 8.43. The van der Waals surface area contributed by atoms with Crippen LogP contribution in [0, 0.1) is 0 Å². The SMILES string of the molecule is C=C/C=C\C(=C/C)Nc1ncnc(=C/C=C)/c1=C\C=C. The van der Waals surface area contributed by atoms with Gasteiger partial charge in [-0.05, 0) is 25.2 Å². The summed E-state index contributed by atoms with van der Waals surface area (Å²) < 4.78 is 0. The van der Waals surface area contributed by atoms with E-state index in [0.717, 1.165) is 22.1 Å². The van der Waals surface area contributed by atoms with Gasteiger partial charge in [-0.1, -0.05) is 50.1 Å². The van der Waals surface area contributed by atoms with E-state index in [4.69, 9.17) is 0 Å². The lowest BCUT2D eigenvalue weighted by Gasteiger charge is -2.06. The van der Waals surface area contributed by atoms with Crippen LogP contribution in [-0.4, -0.2) is 9.97 Å². The van der Waals surface area contributed by atoms with Gasteiger partial charge in [0.1, 0.15) is 12.1 Å². The van der Waals surface area contributed by atoms with E-state index in [1.54, 1.807) is 18.2 Å². The molecular formula is C17H19N3. The molecule has 20 heavy (non-hydrogen) atoms. The molecular weight excluding hydrogens is 246 g/mol. The number of anilines is 1. The standard InChI is InChI=1S/C17H19N3/c1-5-9-12-14(8-4)20-17-15(10-6-2)16(11-7-3)18-13-19-17/h5-13H,1-3H2,4H3,(H,18,19,20)/b12-9-,14-8+,15-10+,16-11+. The fourth-order valence-electron chi connectivity index (χ4n) is 1.55. The minimum Gasteiger partial charge on any atom is -0.340 e. The van der Waals surface area contributed by atoms with Crippen LogP contribution in [0.4, 0.5) is 5.82 Å². The first-order valence-corrected chi connectivity index (χ1v) is 6.25. The van der Waals surface area contributed by atoms with Crippen LogP contribution in [0.15, 0.2) is 68.2 Å². The van der Waals surface area contributed by atoms with Crippen LogP contribution in [0.25, 0.3) is 12.2 Å². The topological polar surface area (TPSA) is 37.8 Å². The Morgan fingerprint density at radius 1 is 1.10 bits per heavy atom. The van der Waals surface area contributed by atoms with Crippen LogP contribution in [0.5, 0.6) is 0 Å². The fraction of sp³-hybridized carbons (Fsp3) is 0.0588. The Kier molecular flexibility index (Phi) is 6.48. The van der Waals surface area contributed by atoms with Gasteiger partial charge < -0.3 is 5.32 Å². The van der Waals surface area contributed by atoms with Crippen LogP contribution in [-0.2, 0) is 0 Å². The molecule has 0 aliphatic carbocycles. The van der Waals surface area contributed by atoms with Crippen LogP contribution < -0.4 is 15.9 Å². The minimum absolute atomic E-state index is 0.717. The molecule has 0 spiro atoms. The Balaban J connectivity index is 3.36. The van der Waals surface area contributed by atoms with Crippen molar-refractivity contribution in [2.45, 2.75) is 6.92 Å². The lowest BCUT2D eigenvalue weighted by molar-refractivity contribution is 1.10. The van der Waals surface area contributed by atoms with Crippen molar-refractivity contribution in [2.24, 2.45) is 0 Å². The van der Waals surface area contributed by atoms with E-state index >= 15 is 0 Å². The number of nitrogens with zero attached hydrogens (tertiary/aromatic N) is 2. The summed E-state index contributed by atoms with van der Waals surface area (Å²) in [5, 5.41) is 4.92. The molecule has 1 aromatic rings. The molecule has 0 amide bonds. The number of hydrogen-bond donors (Lipinski definition) is 1. The normalized spacial score (nSPS) is 13.6. The van der Waals surface area contributed by atoms with Crippen molar-refractivity contribution in [3.8, 4) is 0 Å². The average molecular weight is 265 g/mol. The van der Waals surface area contributed by atoms with Gasteiger partial charge in [0, 0.05) is 10.9 Å². The van der Waals surface area contributed by atoms with Crippen molar-refractivity contribution in [3.05, 3.63) is 78.8 Å². The lowest BCUT2D eigenvalue weighted by Crippen LogP contribution is -2.31. The maximum absolute atomic E-state index is 4.28. The first-order valence-electron chi connectivity index (χ1n) is 6.25. The maximum atomic E-state index is 4.28. The quantitative estimate of drug-likeness (QED) is 0.803. The van der Waals surface area contributed by atoms with Gasteiger partial charge in [-0.2, -0.15) is 0 Å². The zero-order chi connectivity index (χ0) is 14.8. The molecule has 0 radical (unpaired) electrons. The van der Waals surface area contributed by atoms with Crippen molar-refractivity contribution >= 4 is 18.0 Å². The number of allylic oxidation sites excluding steroid dienone is 6. The molecule has 0 aromatic carbocycles. The van der Waals surface area contributed by atoms with Crippen molar-refractivity contribution in [2.75, 3.05) is 5.32 Å². The van der Waals surface area contributed by atoms with E-state index < -0.39 is 0 Å². The van der Waals surface area contributed by atoms with Gasteiger partial charge in [-0.25, -0.2) is 9.97 Å². The Labute approximate surface area is 119 Å². The smallest absolute Gasteiger partial charge is 0.141 e. The molecule has 0 unspecified atom stereocenters. The summed E-state index contributed by atoms with van der Waals surface area (Å²) in [4.78, 5) is 8.51. The molecule has 3 heteroatoms. The van der Waals surface area contributed by atoms with Gasteiger partial charge in [0.2, 0.25) is 0 Å². The number of aromatic nitrogens is 2. The summed E-state index contributed by atoms with van der Waals surface area (Å²) in [6.07, 6.45) is 16.1. The molecule has 0 saturated carbocycles. The molecule has 0 aliphatic rings. The van der Waals surface area contributed by atoms with Crippen molar-refractivity contribution in [1.29, 1.82) is 0 Å². The van der Waals surface area contributed by atoms with Gasteiger partial charge in [0.15, 0.2) is 0 Å². The molecule has 0 saturated heterocycles. The predicted molar refractivity (Wildman–Crippen MR) is 87.3 cm³/mol. The van der Waals surface area contributed by atoms with Gasteiger partial charge in [0.05, 0.1) is 5.35 Å². The van der Waals surface area contributed by atoms with E-state index in [1.807, 2.05) is 37.3 Å². The number of rotatable bonds is 6. The highest BCUT2D eigenvalue weighted by molar-refractivity contribution is 5.53. The lowest BCUT2D eigenvalue weighted by atomic mass is 10.3. The summed E-state index contributed by atoms with van der Waals surface area (Å²) in [5.74, 6) is 0.717. The van der Waals surface area contributed by atoms with Crippen LogP contribution >= 0.6 is 0 Å². The Hall–Kier alpha value is -2.68. The summed E-state index contributed by atoms with van der Waals surface area (Å²) in [6.45, 7) is 13.0. The third-order valence-electron chi connectivity index (χ3n) is 2.46. The van der Waals surface area contributed by atoms with E-state index in [2.05, 4.69) is 35.0 Å². The highest BCUT2D eigenvalue weighted by Crippen LogP contribution is 2.01. The largest absolute Gasteiger partial charge is 0.340 e. The van der Waals surface area contributed by atoms with Gasteiger partial charge in [-0.15, -0.1) is 0 Å². The zero-order valence-corrected chi connectivity index (χ0v) is 11.7. The zero-order valence-electron chi connectivity index (χ0n) is 11.7. The van der Waals surface area contributed by atoms with Crippen LogP contribution in [0.1, 0.15) is 6.92 Å². The van der Waals surface area contributed by atoms with Crippen molar-refractivity contribution in [3.63, 3.8) is 0 Å². The maximum Gasteiger partial charge on any atom is 0.141 e. The average Bonchev–Trinajstić information content (AvgIpc) is 2.46. The van der Waals surface area contributed by atoms with E-state index in [0.29, 0.717) is 0 Å². The first kappa shape index (κ1) is 15.4. The molecule has 3 nitrogen and oxygen atoms in total. The highest BCUT2D eigenvalue weighted by Gasteiger charge is 1.99. The van der Waals surface area contributed by atoms with Gasteiger partial charge >= 0.3 is 0 Å². The number of hydrogen-bond acceptors (Lipinski definition) is 3. The molecule has 0 atom stereocenters. The molecule has 102 valence electrons. The van der Waals surface area contributed by atoms with E-state index in [-0.39, 0.29) is 0 Å². The highest BCUT2D eigenvalue weighted by atomic mass is 15.0. The van der Waals surface area contributed by atoms with Crippen molar-refractivity contribution < 1.29 is 0 Å². The second-order valence-electron chi connectivity index (χ2n) is 3.79. The predicted octanol–water partition coefficient (Wildman–Crippen LogP) is 2.47. The summed E-state index contributed by atoms with van der Waals surface area (Å²) in [5.41, 5.74) is 0.923. The monoisotopic (exact) mass is 265 g/mol. The summed E-state index contributed by atoms with van der Waals surface area (Å²) in [7, 11) is 0. The third kappa shape index (κ3) is 4.21. The first-order chi connectivity index (χ1) is 9.76. The Bertz CT molecular complexity index is 664. The molecule has 0 aliphatic heterocycles. The number of nitrogens with one attached hydrogen (secondary N) is 1. The van der Waals surface area contributed by atoms with E-state index in [9.17, 15) is 0 Å². The Morgan fingerprint density at radius 3 is 2.45 bits per heavy atom. The van der Waals surface area contributed by atoms with Crippen LogP contribution in [0.3, 0.4) is 0 Å². The van der Waals surface area contributed by atoms with Gasteiger partial charge in [-0.3, -0.25) is 0 Å². The van der Waals surface area contributed by atoms with Crippen molar-refractivity contribution in [1.82, 2.24) is 9.97 Å². The molecule has 0 bridgehead atoms. The van der Waals surface area contributed by atoms with Gasteiger partial charge in [0.25, 0.3) is 0 Å². The fourth-order valence-corrected chi connectivity index (χ4v) is 1.55. The summed E-state index contributed by atoms with van der Waals surface area (Å²) >= 11 is 0. The summed E-state index contributed by atoms with van der Waals surface area (Å²) in [6, 6.07) is 0. The third-order valence-corrected chi connectivity index (χ3v) is 2.46. The minimum atomic E-state index is 0.717. The van der Waals surface area contributed by atoms with E-state index in [1.165, 1.54) is 6.33 Å². The molecule has 1 aromatic heterocycles. The van der Waals surface area contributed by atoms with Crippen LogP contribution in [0.2, 0.25) is 0 Å². The Morgan fingerprint density at radius 2 is 1.85 bits per heavy atom. The second-order valence-corrected chi connectivity index (χ2v) is 3.79. The molecule has 1 rings (SSSR count). The molecule has 1 heterocycles. The molecule has 1 N–H and O–H groups in total. The molecule has 0 fully saturated rings.